The van der Waals surface area contributed by atoms with Gasteiger partial charge in [0.25, 0.3) is 5.92 Å². The Kier molecular flexibility index (Phi) is 3.40. The van der Waals surface area contributed by atoms with Crippen LogP contribution in [0.5, 0.6) is 0 Å². The molecule has 1 fully saturated rings. The normalized spacial score (nSPS) is 21.6. The molecule has 1 saturated heterocycles. The van der Waals surface area contributed by atoms with Crippen molar-refractivity contribution < 1.29 is 8.78 Å². The van der Waals surface area contributed by atoms with Crippen LogP contribution >= 0.6 is 0 Å². The summed E-state index contributed by atoms with van der Waals surface area (Å²) in [5.74, 6) is -2.54. The molecule has 1 atom stereocenters. The first kappa shape index (κ1) is 12.4. The molecule has 0 bridgehead atoms. The van der Waals surface area contributed by atoms with Crippen LogP contribution in [0.25, 0.3) is 0 Å². The van der Waals surface area contributed by atoms with Gasteiger partial charge in [0.1, 0.15) is 0 Å². The fourth-order valence-corrected chi connectivity index (χ4v) is 2.04. The minimum atomic E-state index is -2.54. The molecular weight excluding hydrogens is 224 g/mol. The average Bonchev–Trinajstić information content (AvgIpc) is 2.58. The Bertz CT molecular complexity index is 393. The Morgan fingerprint density at radius 3 is 2.94 bits per heavy atom. The molecule has 2 heterocycles. The second kappa shape index (κ2) is 4.66. The first-order valence-electron chi connectivity index (χ1n) is 5.77. The van der Waals surface area contributed by atoms with Gasteiger partial charge in [0.05, 0.1) is 12.2 Å². The highest BCUT2D eigenvalue weighted by Gasteiger charge is 2.37. The van der Waals surface area contributed by atoms with E-state index in [-0.39, 0.29) is 19.0 Å². The third kappa shape index (κ3) is 3.20. The van der Waals surface area contributed by atoms with Gasteiger partial charge in [0.2, 0.25) is 0 Å². The van der Waals surface area contributed by atoms with E-state index in [1.54, 1.807) is 11.1 Å². The van der Waals surface area contributed by atoms with E-state index in [9.17, 15) is 8.78 Å². The second-order valence-corrected chi connectivity index (χ2v) is 4.69. The van der Waals surface area contributed by atoms with Gasteiger partial charge in [-0.1, -0.05) is 0 Å². The van der Waals surface area contributed by atoms with E-state index in [1.807, 2.05) is 19.1 Å². The molecule has 1 aliphatic heterocycles. The highest BCUT2D eigenvalue weighted by atomic mass is 19.3. The van der Waals surface area contributed by atoms with Crippen molar-refractivity contribution in [1.29, 1.82) is 0 Å². The van der Waals surface area contributed by atoms with E-state index in [0.29, 0.717) is 13.1 Å². The van der Waals surface area contributed by atoms with Crippen LogP contribution in [-0.4, -0.2) is 28.9 Å². The van der Waals surface area contributed by atoms with E-state index >= 15 is 0 Å². The molecule has 1 unspecified atom stereocenters. The van der Waals surface area contributed by atoms with Gasteiger partial charge >= 0.3 is 0 Å². The Balaban J connectivity index is 2.02. The molecule has 2 N–H and O–H groups in total. The summed E-state index contributed by atoms with van der Waals surface area (Å²) < 4.78 is 26.0. The van der Waals surface area contributed by atoms with E-state index < -0.39 is 5.92 Å². The van der Waals surface area contributed by atoms with Crippen LogP contribution in [0.1, 0.15) is 30.6 Å². The predicted octanol–water partition coefficient (Wildman–Crippen LogP) is 1.94. The predicted molar refractivity (Wildman–Crippen MR) is 61.7 cm³/mol. The smallest absolute Gasteiger partial charge is 0.261 e. The summed E-state index contributed by atoms with van der Waals surface area (Å²) in [7, 11) is 0. The molecule has 1 aromatic heterocycles. The maximum Gasteiger partial charge on any atom is 0.261 e. The van der Waals surface area contributed by atoms with Crippen molar-refractivity contribution in [3.63, 3.8) is 0 Å². The Morgan fingerprint density at radius 2 is 2.35 bits per heavy atom. The standard InChI is InChI=1S/C12H17F2N3/c1-9(15)10-2-4-16-11(6-10)7-17-5-3-12(13,14)8-17/h2,4,6,9H,3,5,7-8,15H2,1H3. The lowest BCUT2D eigenvalue weighted by molar-refractivity contribution is 0.0114. The van der Waals surface area contributed by atoms with Crippen LogP contribution in [0, 0.1) is 0 Å². The quantitative estimate of drug-likeness (QED) is 0.879. The molecule has 3 nitrogen and oxygen atoms in total. The van der Waals surface area contributed by atoms with E-state index in [0.717, 1.165) is 11.3 Å². The fraction of sp³-hybridized carbons (Fsp3) is 0.583. The summed E-state index contributed by atoms with van der Waals surface area (Å²) in [5, 5.41) is 0. The second-order valence-electron chi connectivity index (χ2n) is 4.69. The number of nitrogens with two attached hydrogens (primary N) is 1. The summed E-state index contributed by atoms with van der Waals surface area (Å²) in [6, 6.07) is 3.69. The molecule has 0 radical (unpaired) electrons. The Morgan fingerprint density at radius 1 is 1.59 bits per heavy atom. The maximum atomic E-state index is 13.0. The molecule has 0 aliphatic carbocycles. The number of alkyl halides is 2. The first-order chi connectivity index (χ1) is 7.96. The van der Waals surface area contributed by atoms with Crippen molar-refractivity contribution in [2.24, 2.45) is 5.73 Å². The highest BCUT2D eigenvalue weighted by molar-refractivity contribution is 5.19. The van der Waals surface area contributed by atoms with Gasteiger partial charge in [0, 0.05) is 31.7 Å². The van der Waals surface area contributed by atoms with Gasteiger partial charge in [-0.25, -0.2) is 8.78 Å². The average molecular weight is 241 g/mol. The summed E-state index contributed by atoms with van der Waals surface area (Å²) in [4.78, 5) is 5.92. The number of nitrogens with zero attached hydrogens (tertiary/aromatic N) is 2. The van der Waals surface area contributed by atoms with Crippen LogP contribution in [0.4, 0.5) is 8.78 Å². The molecule has 0 spiro atoms. The molecule has 0 aromatic carbocycles. The Hall–Kier alpha value is -1.07. The van der Waals surface area contributed by atoms with Crippen LogP contribution in [-0.2, 0) is 6.54 Å². The lowest BCUT2D eigenvalue weighted by Crippen LogP contribution is -2.25. The van der Waals surface area contributed by atoms with Crippen LogP contribution in [0.2, 0.25) is 0 Å². The molecule has 1 aliphatic rings. The first-order valence-corrected chi connectivity index (χ1v) is 5.77. The van der Waals surface area contributed by atoms with Crippen LogP contribution in [0.3, 0.4) is 0 Å². The molecule has 0 saturated carbocycles. The van der Waals surface area contributed by atoms with Crippen LogP contribution < -0.4 is 5.73 Å². The largest absolute Gasteiger partial charge is 0.324 e. The van der Waals surface area contributed by atoms with Crippen molar-refractivity contribution >= 4 is 0 Å². The number of aromatic nitrogens is 1. The zero-order valence-corrected chi connectivity index (χ0v) is 9.87. The van der Waals surface area contributed by atoms with Crippen molar-refractivity contribution in [2.45, 2.75) is 31.9 Å². The minimum absolute atomic E-state index is 0.0556. The molecule has 2 rings (SSSR count). The van der Waals surface area contributed by atoms with Gasteiger partial charge in [0.15, 0.2) is 0 Å². The molecule has 1 aromatic rings. The number of hydrogen-bond donors (Lipinski definition) is 1. The minimum Gasteiger partial charge on any atom is -0.324 e. The van der Waals surface area contributed by atoms with Gasteiger partial charge in [-0.15, -0.1) is 0 Å². The van der Waals surface area contributed by atoms with Gasteiger partial charge in [-0.3, -0.25) is 9.88 Å². The van der Waals surface area contributed by atoms with E-state index in [1.165, 1.54) is 0 Å². The summed E-state index contributed by atoms with van der Waals surface area (Å²) in [6.45, 7) is 2.62. The summed E-state index contributed by atoms with van der Waals surface area (Å²) in [6.07, 6.45) is 1.63. The number of pyridine rings is 1. The number of halogens is 2. The Labute approximate surface area is 99.6 Å². The maximum absolute atomic E-state index is 13.0. The molecule has 94 valence electrons. The third-order valence-electron chi connectivity index (χ3n) is 3.00. The molecule has 0 amide bonds. The zero-order valence-electron chi connectivity index (χ0n) is 9.87. The number of rotatable bonds is 3. The SMILES string of the molecule is CC(N)c1ccnc(CN2CCC(F)(F)C2)c1. The third-order valence-corrected chi connectivity index (χ3v) is 3.00. The highest BCUT2D eigenvalue weighted by Crippen LogP contribution is 2.27. The molecular formula is C12H17F2N3. The molecule has 5 heteroatoms. The van der Waals surface area contributed by atoms with Crippen molar-refractivity contribution in [2.75, 3.05) is 13.1 Å². The monoisotopic (exact) mass is 241 g/mol. The van der Waals surface area contributed by atoms with Crippen molar-refractivity contribution in [1.82, 2.24) is 9.88 Å². The topological polar surface area (TPSA) is 42.1 Å². The molecule has 17 heavy (non-hydrogen) atoms. The van der Waals surface area contributed by atoms with Gasteiger partial charge in [-0.2, -0.15) is 0 Å². The van der Waals surface area contributed by atoms with E-state index in [2.05, 4.69) is 4.98 Å². The summed E-state index contributed by atoms with van der Waals surface area (Å²) >= 11 is 0. The van der Waals surface area contributed by atoms with Crippen molar-refractivity contribution in [3.8, 4) is 0 Å². The van der Waals surface area contributed by atoms with Gasteiger partial charge in [-0.05, 0) is 24.6 Å². The number of likely N-dealkylation sites (tertiary alicyclic amines) is 1. The van der Waals surface area contributed by atoms with Crippen LogP contribution in [0.15, 0.2) is 18.3 Å². The van der Waals surface area contributed by atoms with Gasteiger partial charge < -0.3 is 5.73 Å². The zero-order chi connectivity index (χ0) is 12.5. The lowest BCUT2D eigenvalue weighted by atomic mass is 10.1. The van der Waals surface area contributed by atoms with Crippen molar-refractivity contribution in [3.05, 3.63) is 29.6 Å². The fourth-order valence-electron chi connectivity index (χ4n) is 2.04. The number of hydrogen-bond acceptors (Lipinski definition) is 3. The summed E-state index contributed by atoms with van der Waals surface area (Å²) in [5.41, 5.74) is 7.56. The van der Waals surface area contributed by atoms with E-state index in [4.69, 9.17) is 5.73 Å². The lowest BCUT2D eigenvalue weighted by Gasteiger charge is -2.15.